The largest absolute Gasteiger partial charge is 0.458 e. The van der Waals surface area contributed by atoms with Gasteiger partial charge in [-0.25, -0.2) is 0 Å². The van der Waals surface area contributed by atoms with Gasteiger partial charge in [0, 0.05) is 28.9 Å². The number of nitrogens with zero attached hydrogens (tertiary/aromatic N) is 3. The molecule has 2 aliphatic rings. The Morgan fingerprint density at radius 2 is 1.85 bits per heavy atom. The quantitative estimate of drug-likeness (QED) is 0.147. The van der Waals surface area contributed by atoms with Crippen LogP contribution in [0.4, 0.5) is 11.4 Å². The Morgan fingerprint density at radius 3 is 2.73 bits per heavy atom. The van der Waals surface area contributed by atoms with Crippen molar-refractivity contribution in [2.24, 2.45) is 0 Å². The van der Waals surface area contributed by atoms with Crippen molar-refractivity contribution in [1.82, 2.24) is 9.55 Å². The van der Waals surface area contributed by atoms with Gasteiger partial charge in [0.2, 0.25) is 0 Å². The number of benzene rings is 2. The molecule has 0 spiro atoms. The first-order valence-electron chi connectivity index (χ1n) is 13.9. The van der Waals surface area contributed by atoms with Gasteiger partial charge in [0.25, 0.3) is 0 Å². The summed E-state index contributed by atoms with van der Waals surface area (Å²) in [5.74, 6) is 1.70. The van der Waals surface area contributed by atoms with E-state index in [1.54, 1.807) is 0 Å². The highest BCUT2D eigenvalue weighted by molar-refractivity contribution is 5.97. The van der Waals surface area contributed by atoms with Crippen molar-refractivity contribution >= 4 is 40.1 Å². The van der Waals surface area contributed by atoms with E-state index < -0.39 is 0 Å². The van der Waals surface area contributed by atoms with E-state index >= 15 is 0 Å². The molecule has 3 heterocycles. The van der Waals surface area contributed by atoms with Gasteiger partial charge in [-0.2, -0.15) is 0 Å². The van der Waals surface area contributed by atoms with Crippen LogP contribution in [0.25, 0.3) is 28.8 Å². The van der Waals surface area contributed by atoms with Gasteiger partial charge in [-0.3, -0.25) is 4.98 Å². The first-order chi connectivity index (χ1) is 20.2. The second kappa shape index (κ2) is 11.5. The Labute approximate surface area is 241 Å². The monoisotopic (exact) mass is 533 g/mol. The summed E-state index contributed by atoms with van der Waals surface area (Å²) in [4.78, 5) is 6.86. The molecule has 0 N–H and O–H groups in total. The molecule has 0 atom stereocenters. The summed E-state index contributed by atoms with van der Waals surface area (Å²) in [6.45, 7) is 8.12. The van der Waals surface area contributed by atoms with Gasteiger partial charge < -0.3 is 14.2 Å². The highest BCUT2D eigenvalue weighted by Crippen LogP contribution is 2.42. The lowest BCUT2D eigenvalue weighted by Gasteiger charge is -2.33. The van der Waals surface area contributed by atoms with E-state index in [2.05, 4.69) is 100 Å². The smallest absolute Gasteiger partial charge is 0.151 e. The molecule has 0 radical (unpaired) electrons. The summed E-state index contributed by atoms with van der Waals surface area (Å²) in [5, 5.41) is 1.19. The zero-order valence-corrected chi connectivity index (χ0v) is 23.3. The standard InChI is InChI=1S/C37H31N3O/c1-4-6-19-33-27(3)41-37-23-12-11-22-36(37)40(33)30-24-28(25-38-26-30)15-13-16-29(14-5-2)39-34-20-9-7-17-31(34)32-18-8-10-21-35(32)39/h5-7,9,11-14,16-26H,2,4,15H2,1,3H3/b16-13-,19-6-,29-14+. The molecular weight excluding hydrogens is 502 g/mol. The number of hydrogen-bond acceptors (Lipinski definition) is 3. The molecule has 41 heavy (non-hydrogen) atoms. The molecule has 2 aromatic carbocycles. The first-order valence-corrected chi connectivity index (χ1v) is 13.9. The molecule has 1 aliphatic carbocycles. The van der Waals surface area contributed by atoms with Gasteiger partial charge in [0.15, 0.2) is 5.75 Å². The molecule has 6 rings (SSSR count). The molecule has 0 fully saturated rings. The lowest BCUT2D eigenvalue weighted by atomic mass is 10.1. The van der Waals surface area contributed by atoms with Crippen molar-refractivity contribution in [2.75, 3.05) is 4.90 Å². The van der Waals surface area contributed by atoms with E-state index in [0.717, 1.165) is 69.5 Å². The summed E-state index contributed by atoms with van der Waals surface area (Å²) in [6, 6.07) is 18.8. The van der Waals surface area contributed by atoms with Crippen LogP contribution in [0.3, 0.4) is 0 Å². The first kappa shape index (κ1) is 26.0. The van der Waals surface area contributed by atoms with Crippen molar-refractivity contribution in [3.63, 3.8) is 0 Å². The fourth-order valence-corrected chi connectivity index (χ4v) is 5.36. The second-order valence-electron chi connectivity index (χ2n) is 9.87. The van der Waals surface area contributed by atoms with Crippen LogP contribution in [0, 0.1) is 0 Å². The van der Waals surface area contributed by atoms with Gasteiger partial charge in [-0.05, 0) is 73.9 Å². The number of rotatable bonds is 8. The van der Waals surface area contributed by atoms with Gasteiger partial charge in [0.05, 0.1) is 34.5 Å². The predicted molar refractivity (Wildman–Crippen MR) is 171 cm³/mol. The molecule has 4 aromatic rings. The van der Waals surface area contributed by atoms with Gasteiger partial charge in [-0.1, -0.05) is 73.5 Å². The van der Waals surface area contributed by atoms with E-state index in [0.29, 0.717) is 0 Å². The summed E-state index contributed by atoms with van der Waals surface area (Å²) in [5.41, 5.74) is 14.8. The third kappa shape index (κ3) is 4.95. The van der Waals surface area contributed by atoms with Crippen LogP contribution in [-0.4, -0.2) is 9.55 Å². The van der Waals surface area contributed by atoms with Gasteiger partial charge in [0.1, 0.15) is 5.76 Å². The number of ether oxygens (including phenoxy) is 1. The molecular formula is C37H31N3O. The third-order valence-electron chi connectivity index (χ3n) is 7.17. The Morgan fingerprint density at radius 1 is 1.02 bits per heavy atom. The minimum Gasteiger partial charge on any atom is -0.458 e. The van der Waals surface area contributed by atoms with Gasteiger partial charge in [-0.15, -0.1) is 0 Å². The molecule has 4 heteroatoms. The van der Waals surface area contributed by atoms with Crippen LogP contribution in [0.1, 0.15) is 37.1 Å². The zero-order chi connectivity index (χ0) is 28.2. The summed E-state index contributed by atoms with van der Waals surface area (Å²) in [6.07, 6.45) is 22.0. The average Bonchev–Trinajstić information content (AvgIpc) is 3.34. The van der Waals surface area contributed by atoms with E-state index in [1.165, 1.54) is 5.39 Å². The van der Waals surface area contributed by atoms with Crippen LogP contribution < -0.4 is 9.64 Å². The number of fused-ring (bicyclic) bond motifs is 4. The lowest BCUT2D eigenvalue weighted by Crippen LogP contribution is -2.23. The summed E-state index contributed by atoms with van der Waals surface area (Å²) < 4.78 is 8.42. The Balaban J connectivity index is 1.33. The molecule has 1 aliphatic heterocycles. The summed E-state index contributed by atoms with van der Waals surface area (Å²) >= 11 is 0. The van der Waals surface area contributed by atoms with Crippen molar-refractivity contribution in [2.45, 2.75) is 26.7 Å². The molecule has 0 bridgehead atoms. The Hall–Kier alpha value is -5.27. The minimum absolute atomic E-state index is 0.723. The van der Waals surface area contributed by atoms with E-state index in [1.807, 2.05) is 61.8 Å². The molecule has 0 amide bonds. The number of allylic oxidation sites excluding steroid dienone is 8. The number of anilines is 2. The molecule has 4 nitrogen and oxygen atoms in total. The molecule has 2 aromatic heterocycles. The maximum Gasteiger partial charge on any atom is 0.151 e. The number of hydrogen-bond donors (Lipinski definition) is 0. The topological polar surface area (TPSA) is 30.3 Å². The number of para-hydroxylation sites is 3. The SMILES string of the molecule is C=C/C=C(\C=C/Cc1cncc(N2C(/C=C\CC)=C(C)Oc3ccccc32)c1)n1c2c(c3ccccc31)C=C=C=C2. The molecule has 200 valence electrons. The summed E-state index contributed by atoms with van der Waals surface area (Å²) in [7, 11) is 0. The maximum atomic E-state index is 6.17. The van der Waals surface area contributed by atoms with E-state index in [4.69, 9.17) is 4.74 Å². The van der Waals surface area contributed by atoms with E-state index in [-0.39, 0.29) is 0 Å². The third-order valence-corrected chi connectivity index (χ3v) is 7.17. The van der Waals surface area contributed by atoms with Crippen molar-refractivity contribution in [3.05, 3.63) is 150 Å². The van der Waals surface area contributed by atoms with Crippen LogP contribution >= 0.6 is 0 Å². The normalized spacial score (nSPS) is 14.3. The van der Waals surface area contributed by atoms with Gasteiger partial charge >= 0.3 is 0 Å². The molecule has 0 saturated carbocycles. The zero-order valence-electron chi connectivity index (χ0n) is 23.3. The Kier molecular flexibility index (Phi) is 7.26. The fourth-order valence-electron chi connectivity index (χ4n) is 5.36. The number of aromatic nitrogens is 2. The van der Waals surface area contributed by atoms with Crippen LogP contribution in [0.15, 0.2) is 133 Å². The highest BCUT2D eigenvalue weighted by Gasteiger charge is 2.25. The van der Waals surface area contributed by atoms with Crippen LogP contribution in [0.5, 0.6) is 5.75 Å². The molecule has 0 unspecified atom stereocenters. The van der Waals surface area contributed by atoms with E-state index in [9.17, 15) is 0 Å². The second-order valence-corrected chi connectivity index (χ2v) is 9.87. The Bertz CT molecular complexity index is 1880. The van der Waals surface area contributed by atoms with Crippen molar-refractivity contribution in [1.29, 1.82) is 0 Å². The van der Waals surface area contributed by atoms with Crippen LogP contribution in [-0.2, 0) is 6.42 Å². The van der Waals surface area contributed by atoms with Crippen LogP contribution in [0.2, 0.25) is 0 Å². The average molecular weight is 534 g/mol. The predicted octanol–water partition coefficient (Wildman–Crippen LogP) is 9.38. The number of pyridine rings is 1. The highest BCUT2D eigenvalue weighted by atomic mass is 16.5. The van der Waals surface area contributed by atoms with Crippen molar-refractivity contribution in [3.8, 4) is 5.75 Å². The fraction of sp³-hybridized carbons (Fsp3) is 0.108. The van der Waals surface area contributed by atoms with Crippen molar-refractivity contribution < 1.29 is 4.74 Å². The minimum atomic E-state index is 0.723. The maximum absolute atomic E-state index is 6.17. The lowest BCUT2D eigenvalue weighted by molar-refractivity contribution is 0.414. The molecule has 0 saturated heterocycles.